The molecule has 0 atom stereocenters. The molecule has 8 rings (SSSR count). The molecule has 0 saturated heterocycles. The van der Waals surface area contributed by atoms with Crippen molar-refractivity contribution in [1.82, 2.24) is 0 Å². The molecule has 0 amide bonds. The average Bonchev–Trinajstić information content (AvgIpc) is 3.58. The zero-order chi connectivity index (χ0) is 38.4. The zero-order valence-electron chi connectivity index (χ0n) is 34.7. The number of rotatable bonds is 7. The van der Waals surface area contributed by atoms with E-state index in [1.54, 1.807) is 0 Å². The van der Waals surface area contributed by atoms with Crippen LogP contribution >= 0.6 is 0 Å². The van der Waals surface area contributed by atoms with Gasteiger partial charge in [0.25, 0.3) is 0 Å². The molecular formula is C51H58BN2. The second kappa shape index (κ2) is 13.1. The maximum absolute atomic E-state index is 2.59. The van der Waals surface area contributed by atoms with E-state index in [0.717, 1.165) is 0 Å². The summed E-state index contributed by atoms with van der Waals surface area (Å²) in [6.45, 7) is 28.8. The smallest absolute Gasteiger partial charge is 0.242 e. The van der Waals surface area contributed by atoms with E-state index < -0.39 is 0 Å². The predicted octanol–water partition coefficient (Wildman–Crippen LogP) is 11.3. The maximum Gasteiger partial charge on any atom is 0.242 e. The molecule has 1 radical (unpaired) electrons. The first-order valence-corrected chi connectivity index (χ1v) is 20.4. The fourth-order valence-electron chi connectivity index (χ4n) is 10.1. The first-order chi connectivity index (χ1) is 25.7. The fraction of sp³-hybridized carbons (Fsp3) is 0.353. The summed E-state index contributed by atoms with van der Waals surface area (Å²) in [5.74, 6) is 1.47. The number of anilines is 2. The number of hydrogen-bond donors (Lipinski definition) is 0. The molecule has 5 aromatic carbocycles. The lowest BCUT2D eigenvalue weighted by atomic mass is 9.27. The average molecular weight is 710 g/mol. The molecule has 54 heavy (non-hydrogen) atoms. The van der Waals surface area contributed by atoms with E-state index in [1.165, 1.54) is 84.0 Å². The van der Waals surface area contributed by atoms with Crippen LogP contribution in [0.5, 0.6) is 0 Å². The van der Waals surface area contributed by atoms with Crippen LogP contribution in [-0.2, 0) is 10.8 Å². The number of fused-ring (bicyclic) bond motifs is 4. The Labute approximate surface area is 326 Å². The van der Waals surface area contributed by atoms with Crippen molar-refractivity contribution in [2.75, 3.05) is 9.80 Å². The molecule has 0 N–H and O–H groups in total. The van der Waals surface area contributed by atoms with Gasteiger partial charge < -0.3 is 9.80 Å². The van der Waals surface area contributed by atoms with Gasteiger partial charge in [0.1, 0.15) is 0 Å². The van der Waals surface area contributed by atoms with E-state index in [1.807, 2.05) is 0 Å². The molecule has 3 heterocycles. The molecular weight excluding hydrogens is 651 g/mol. The van der Waals surface area contributed by atoms with Crippen molar-refractivity contribution >= 4 is 34.5 Å². The predicted molar refractivity (Wildman–Crippen MR) is 234 cm³/mol. The first kappa shape index (κ1) is 36.5. The number of benzene rings is 5. The lowest BCUT2D eigenvalue weighted by Gasteiger charge is -2.47. The van der Waals surface area contributed by atoms with Crippen LogP contribution in [0.3, 0.4) is 0 Å². The topological polar surface area (TPSA) is 6.48 Å². The molecule has 2 nitrogen and oxygen atoms in total. The Hall–Kier alpha value is -4.50. The second-order valence-electron chi connectivity index (χ2n) is 18.4. The number of hydrogen-bond acceptors (Lipinski definition) is 2. The van der Waals surface area contributed by atoms with Gasteiger partial charge in [-0.1, -0.05) is 197 Å². The van der Waals surface area contributed by atoms with Crippen LogP contribution in [0.2, 0.25) is 0 Å². The van der Waals surface area contributed by atoms with Gasteiger partial charge in [-0.05, 0) is 68.2 Å². The molecule has 5 aromatic rings. The van der Waals surface area contributed by atoms with Crippen LogP contribution < -0.4 is 26.2 Å². The van der Waals surface area contributed by atoms with Crippen molar-refractivity contribution in [2.45, 2.75) is 118 Å². The van der Waals surface area contributed by atoms with Gasteiger partial charge in [0.2, 0.25) is 6.71 Å². The van der Waals surface area contributed by atoms with Gasteiger partial charge in [-0.25, -0.2) is 0 Å². The molecule has 0 saturated carbocycles. The molecule has 3 aliphatic rings. The van der Waals surface area contributed by atoms with Gasteiger partial charge in [-0.15, -0.1) is 0 Å². The summed E-state index contributed by atoms with van der Waals surface area (Å²) in [6, 6.07) is 37.6. The van der Waals surface area contributed by atoms with E-state index in [4.69, 9.17) is 0 Å². The summed E-state index contributed by atoms with van der Waals surface area (Å²) in [4.78, 5) is 5.12. The highest BCUT2D eigenvalue weighted by Crippen LogP contribution is 2.49. The normalized spacial score (nSPS) is 16.9. The molecule has 3 heteroatoms. The Balaban J connectivity index is 1.47. The molecule has 0 aliphatic carbocycles. The van der Waals surface area contributed by atoms with Crippen LogP contribution in [0.15, 0.2) is 109 Å². The standard InChI is InChI=1S/C51H58BN2/c1-31(2)36-19-17-20-37(32(3)4)47(36)53-27-28-54(48-38(33(5)6)21-18-22-39(48)34(7)8)49(53)35-29-42-46-43(30-35)51(11,12)41-24-14-16-26-45(41)52(46)44-25-15-13-23-40(44)50(42,9)10/h13-34H,1-12H3. The minimum Gasteiger partial charge on any atom is -0.314 e. The van der Waals surface area contributed by atoms with Crippen molar-refractivity contribution in [3.63, 3.8) is 0 Å². The first-order valence-electron chi connectivity index (χ1n) is 20.4. The van der Waals surface area contributed by atoms with Crippen molar-refractivity contribution < 1.29 is 0 Å². The van der Waals surface area contributed by atoms with Crippen molar-refractivity contribution in [3.8, 4) is 0 Å². The third kappa shape index (κ3) is 5.36. The summed E-state index contributed by atoms with van der Waals surface area (Å²) in [5, 5.41) is 0. The van der Waals surface area contributed by atoms with Crippen LogP contribution in [0.25, 0.3) is 0 Å². The SMILES string of the molecule is CC(C)c1cccc(C(C)C)c1N1C=CN(c2c(C(C)C)cccc2C(C)C)[C]1c1cc2c3c(c1)C(C)(C)c1ccccc1B3c1ccccc1C2(C)C. The summed E-state index contributed by atoms with van der Waals surface area (Å²) in [5.41, 5.74) is 19.2. The van der Waals surface area contributed by atoms with Gasteiger partial charge in [0.15, 0.2) is 6.17 Å². The lowest BCUT2D eigenvalue weighted by Crippen LogP contribution is -2.66. The van der Waals surface area contributed by atoms with Gasteiger partial charge in [0.05, 0.1) is 11.4 Å². The summed E-state index contributed by atoms with van der Waals surface area (Å²) in [6.07, 6.45) is 5.94. The number of para-hydroxylation sites is 2. The largest absolute Gasteiger partial charge is 0.314 e. The third-order valence-electron chi connectivity index (χ3n) is 13.0. The van der Waals surface area contributed by atoms with E-state index in [0.29, 0.717) is 23.7 Å². The van der Waals surface area contributed by atoms with Gasteiger partial charge in [-0.3, -0.25) is 0 Å². The molecule has 0 unspecified atom stereocenters. The monoisotopic (exact) mass is 709 g/mol. The Bertz CT molecular complexity index is 2080. The van der Waals surface area contributed by atoms with Crippen LogP contribution in [0.1, 0.15) is 157 Å². The van der Waals surface area contributed by atoms with Crippen LogP contribution in [0, 0.1) is 6.17 Å². The minimum atomic E-state index is -0.185. The highest BCUT2D eigenvalue weighted by Gasteiger charge is 2.49. The number of nitrogens with zero attached hydrogens (tertiary/aromatic N) is 2. The summed E-state index contributed by atoms with van der Waals surface area (Å²) in [7, 11) is 0. The van der Waals surface area contributed by atoms with Crippen molar-refractivity contribution in [3.05, 3.63) is 166 Å². The van der Waals surface area contributed by atoms with Gasteiger partial charge in [-0.2, -0.15) is 0 Å². The molecule has 0 bridgehead atoms. The quantitative estimate of drug-likeness (QED) is 0.155. The van der Waals surface area contributed by atoms with E-state index in [9.17, 15) is 0 Å². The maximum atomic E-state index is 2.59. The van der Waals surface area contributed by atoms with Crippen LogP contribution in [-0.4, -0.2) is 6.71 Å². The molecule has 0 spiro atoms. The lowest BCUT2D eigenvalue weighted by molar-refractivity contribution is 0.620. The molecule has 0 fully saturated rings. The van der Waals surface area contributed by atoms with Gasteiger partial charge in [0, 0.05) is 28.8 Å². The Morgan fingerprint density at radius 1 is 0.444 bits per heavy atom. The minimum absolute atomic E-state index is 0.185. The highest BCUT2D eigenvalue weighted by molar-refractivity contribution is 6.97. The molecule has 275 valence electrons. The van der Waals surface area contributed by atoms with Crippen LogP contribution in [0.4, 0.5) is 11.4 Å². The van der Waals surface area contributed by atoms with Gasteiger partial charge >= 0.3 is 0 Å². The third-order valence-corrected chi connectivity index (χ3v) is 13.0. The van der Waals surface area contributed by atoms with E-state index in [2.05, 4.69) is 202 Å². The summed E-state index contributed by atoms with van der Waals surface area (Å²) < 4.78 is 0. The summed E-state index contributed by atoms with van der Waals surface area (Å²) >= 11 is 0. The van der Waals surface area contributed by atoms with Crippen molar-refractivity contribution in [2.24, 2.45) is 0 Å². The molecule has 3 aliphatic heterocycles. The molecule has 0 aromatic heterocycles. The fourth-order valence-corrected chi connectivity index (χ4v) is 10.1. The Morgan fingerprint density at radius 3 is 1.15 bits per heavy atom. The zero-order valence-corrected chi connectivity index (χ0v) is 34.7. The highest BCUT2D eigenvalue weighted by atomic mass is 15.4. The Kier molecular flexibility index (Phi) is 8.83. The van der Waals surface area contributed by atoms with Crippen molar-refractivity contribution in [1.29, 1.82) is 0 Å². The van der Waals surface area contributed by atoms with E-state index in [-0.39, 0.29) is 17.5 Å². The second-order valence-corrected chi connectivity index (χ2v) is 18.4. The van der Waals surface area contributed by atoms with E-state index >= 15 is 0 Å². The Morgan fingerprint density at radius 2 is 0.796 bits per heavy atom.